The van der Waals surface area contributed by atoms with Crippen molar-refractivity contribution < 1.29 is 0 Å². The standard InChI is InChI=1S/C10H18N4/c1-2-4-10-6-9(13-10)14(5-3-1)8-11-7-12-10/h7,9,13H,1-6,8H2,(H,11,12). The van der Waals surface area contributed by atoms with Gasteiger partial charge < -0.3 is 5.32 Å². The SMILES string of the molecule is C1=NCN2CCCCCC3(CC2N3)N1. The Kier molecular flexibility index (Phi) is 1.99. The molecule has 0 aromatic heterocycles. The molecule has 4 rings (SSSR count). The third kappa shape index (κ3) is 1.33. The van der Waals surface area contributed by atoms with E-state index >= 15 is 0 Å². The largest absolute Gasteiger partial charge is 0.358 e. The molecule has 3 atom stereocenters. The first-order valence-corrected chi connectivity index (χ1v) is 5.66. The number of fused-ring (bicyclic) bond motifs is 2. The maximum Gasteiger partial charge on any atom is 0.0939 e. The van der Waals surface area contributed by atoms with Crippen molar-refractivity contribution in [3.8, 4) is 0 Å². The average molecular weight is 194 g/mol. The Morgan fingerprint density at radius 3 is 3.21 bits per heavy atom. The second kappa shape index (κ2) is 3.21. The minimum absolute atomic E-state index is 0.178. The van der Waals surface area contributed by atoms with Gasteiger partial charge in [0.05, 0.1) is 24.8 Å². The van der Waals surface area contributed by atoms with Crippen LogP contribution in [-0.2, 0) is 0 Å². The highest BCUT2D eigenvalue weighted by molar-refractivity contribution is 5.56. The molecule has 4 nitrogen and oxygen atoms in total. The number of nitrogens with one attached hydrogen (secondary N) is 2. The van der Waals surface area contributed by atoms with Crippen molar-refractivity contribution in [3.63, 3.8) is 0 Å². The van der Waals surface area contributed by atoms with Gasteiger partial charge in [0.1, 0.15) is 0 Å². The van der Waals surface area contributed by atoms with Gasteiger partial charge in [-0.2, -0.15) is 0 Å². The van der Waals surface area contributed by atoms with E-state index in [1.165, 1.54) is 38.6 Å². The maximum atomic E-state index is 4.38. The maximum absolute atomic E-state index is 4.38. The fourth-order valence-corrected chi connectivity index (χ4v) is 2.75. The van der Waals surface area contributed by atoms with Crippen LogP contribution in [0.1, 0.15) is 32.1 Å². The van der Waals surface area contributed by atoms with Crippen LogP contribution < -0.4 is 10.6 Å². The fourth-order valence-electron chi connectivity index (χ4n) is 2.75. The first kappa shape index (κ1) is 8.68. The number of rotatable bonds is 0. The molecule has 3 unspecified atom stereocenters. The molecule has 2 fully saturated rings. The molecule has 78 valence electrons. The minimum Gasteiger partial charge on any atom is -0.358 e. The molecule has 0 spiro atoms. The second-order valence-electron chi connectivity index (χ2n) is 4.67. The van der Waals surface area contributed by atoms with E-state index in [0.29, 0.717) is 6.17 Å². The van der Waals surface area contributed by atoms with Gasteiger partial charge in [-0.25, -0.2) is 0 Å². The molecule has 0 saturated carbocycles. The monoisotopic (exact) mass is 194 g/mol. The summed E-state index contributed by atoms with van der Waals surface area (Å²) in [6, 6.07) is 0. The predicted molar refractivity (Wildman–Crippen MR) is 55.9 cm³/mol. The Hall–Kier alpha value is -0.610. The van der Waals surface area contributed by atoms with Crippen LogP contribution in [0, 0.1) is 0 Å². The molecule has 2 N–H and O–H groups in total. The van der Waals surface area contributed by atoms with Crippen LogP contribution in [0.2, 0.25) is 0 Å². The molecule has 0 aromatic rings. The highest BCUT2D eigenvalue weighted by atomic mass is 15.4. The lowest BCUT2D eigenvalue weighted by Crippen LogP contribution is -2.75. The van der Waals surface area contributed by atoms with Gasteiger partial charge >= 0.3 is 0 Å². The van der Waals surface area contributed by atoms with Crippen molar-refractivity contribution in [2.24, 2.45) is 4.99 Å². The van der Waals surface area contributed by atoms with Crippen LogP contribution in [-0.4, -0.2) is 36.3 Å². The summed E-state index contributed by atoms with van der Waals surface area (Å²) in [6.45, 7) is 2.05. The molecular weight excluding hydrogens is 176 g/mol. The Balaban J connectivity index is 1.84. The quantitative estimate of drug-likeness (QED) is 0.589. The molecule has 0 amide bonds. The zero-order valence-corrected chi connectivity index (χ0v) is 8.50. The van der Waals surface area contributed by atoms with Gasteiger partial charge in [0.15, 0.2) is 0 Å². The van der Waals surface area contributed by atoms with E-state index in [9.17, 15) is 0 Å². The van der Waals surface area contributed by atoms with Crippen molar-refractivity contribution in [1.29, 1.82) is 0 Å². The van der Waals surface area contributed by atoms with Crippen LogP contribution in [0.4, 0.5) is 0 Å². The highest BCUT2D eigenvalue weighted by Crippen LogP contribution is 2.32. The molecule has 0 aliphatic carbocycles. The van der Waals surface area contributed by atoms with Crippen molar-refractivity contribution >= 4 is 6.34 Å². The van der Waals surface area contributed by atoms with Crippen LogP contribution in [0.15, 0.2) is 4.99 Å². The normalized spacial score (nSPS) is 46.3. The topological polar surface area (TPSA) is 39.7 Å². The molecular formula is C10H18N4. The Labute approximate surface area is 84.8 Å². The van der Waals surface area contributed by atoms with Crippen molar-refractivity contribution in [2.45, 2.75) is 43.9 Å². The summed E-state index contributed by atoms with van der Waals surface area (Å²) < 4.78 is 0. The molecule has 14 heavy (non-hydrogen) atoms. The lowest BCUT2D eigenvalue weighted by atomic mass is 9.89. The van der Waals surface area contributed by atoms with Crippen LogP contribution in [0.25, 0.3) is 0 Å². The first-order chi connectivity index (χ1) is 6.88. The van der Waals surface area contributed by atoms with E-state index in [1.54, 1.807) is 0 Å². The van der Waals surface area contributed by atoms with E-state index in [1.807, 2.05) is 6.34 Å². The highest BCUT2D eigenvalue weighted by Gasteiger charge is 2.46. The van der Waals surface area contributed by atoms with E-state index < -0.39 is 0 Å². The minimum atomic E-state index is 0.178. The Morgan fingerprint density at radius 2 is 2.29 bits per heavy atom. The Bertz CT molecular complexity index is 245. The van der Waals surface area contributed by atoms with Crippen LogP contribution in [0.5, 0.6) is 0 Å². The van der Waals surface area contributed by atoms with Gasteiger partial charge in [-0.1, -0.05) is 6.42 Å². The number of hydrogen-bond acceptors (Lipinski definition) is 4. The van der Waals surface area contributed by atoms with Crippen LogP contribution >= 0.6 is 0 Å². The van der Waals surface area contributed by atoms with Crippen molar-refractivity contribution in [1.82, 2.24) is 15.5 Å². The van der Waals surface area contributed by atoms with E-state index in [2.05, 4.69) is 20.5 Å². The molecule has 2 saturated heterocycles. The van der Waals surface area contributed by atoms with Crippen molar-refractivity contribution in [3.05, 3.63) is 0 Å². The third-order valence-corrected chi connectivity index (χ3v) is 3.67. The zero-order chi connectivity index (χ0) is 9.43. The summed E-state index contributed by atoms with van der Waals surface area (Å²) in [4.78, 5) is 6.84. The molecule has 4 aliphatic heterocycles. The summed E-state index contributed by atoms with van der Waals surface area (Å²) in [5.41, 5.74) is 0.178. The smallest absolute Gasteiger partial charge is 0.0939 e. The van der Waals surface area contributed by atoms with Gasteiger partial charge in [0.25, 0.3) is 0 Å². The lowest BCUT2D eigenvalue weighted by molar-refractivity contribution is 0.000470. The molecule has 3 bridgehead atoms. The Morgan fingerprint density at radius 1 is 1.36 bits per heavy atom. The summed E-state index contributed by atoms with van der Waals surface area (Å²) in [6.07, 6.45) is 8.94. The van der Waals surface area contributed by atoms with E-state index in [0.717, 1.165) is 6.67 Å². The lowest BCUT2D eigenvalue weighted by Gasteiger charge is -2.53. The second-order valence-corrected chi connectivity index (χ2v) is 4.67. The van der Waals surface area contributed by atoms with Gasteiger partial charge in [-0.15, -0.1) is 0 Å². The average Bonchev–Trinajstić information content (AvgIpc) is 2.17. The molecule has 4 heteroatoms. The fraction of sp³-hybridized carbons (Fsp3) is 0.900. The number of nitrogens with zero attached hydrogens (tertiary/aromatic N) is 2. The first-order valence-electron chi connectivity index (χ1n) is 5.66. The molecule has 0 aromatic carbocycles. The summed E-state index contributed by atoms with van der Waals surface area (Å²) >= 11 is 0. The van der Waals surface area contributed by atoms with E-state index in [-0.39, 0.29) is 5.66 Å². The van der Waals surface area contributed by atoms with Gasteiger partial charge in [-0.05, 0) is 19.3 Å². The third-order valence-electron chi connectivity index (χ3n) is 3.67. The predicted octanol–water partition coefficient (Wildman–Crippen LogP) is 0.467. The van der Waals surface area contributed by atoms with Crippen LogP contribution in [0.3, 0.4) is 0 Å². The summed E-state index contributed by atoms with van der Waals surface area (Å²) in [7, 11) is 0. The van der Waals surface area contributed by atoms with Gasteiger partial charge in [0.2, 0.25) is 0 Å². The molecule has 4 aliphatic rings. The number of hydrogen-bond donors (Lipinski definition) is 2. The zero-order valence-electron chi connectivity index (χ0n) is 8.50. The number of aliphatic imine (C=N–C) groups is 1. The molecule has 0 radical (unpaired) electrons. The summed E-state index contributed by atoms with van der Waals surface area (Å²) in [5, 5.41) is 7.08. The van der Waals surface area contributed by atoms with E-state index in [4.69, 9.17) is 0 Å². The van der Waals surface area contributed by atoms with Gasteiger partial charge in [0, 0.05) is 13.0 Å². The van der Waals surface area contributed by atoms with Gasteiger partial charge in [-0.3, -0.25) is 15.2 Å². The van der Waals surface area contributed by atoms with Crippen molar-refractivity contribution in [2.75, 3.05) is 13.2 Å². The summed E-state index contributed by atoms with van der Waals surface area (Å²) in [5.74, 6) is 0. The molecule has 4 heterocycles.